The minimum atomic E-state index is -0.260. The zero-order chi connectivity index (χ0) is 15.1. The van der Waals surface area contributed by atoms with Gasteiger partial charge < -0.3 is 21.8 Å². The molecule has 3 rings (SSSR count). The maximum absolute atomic E-state index is 6.34. The van der Waals surface area contributed by atoms with E-state index >= 15 is 0 Å². The molecule has 4 heteroatoms. The second kappa shape index (κ2) is 5.06. The van der Waals surface area contributed by atoms with E-state index in [2.05, 4.69) is 42.3 Å². The van der Waals surface area contributed by atoms with Crippen LogP contribution in [0, 0.1) is 13.8 Å². The molecule has 0 aliphatic carbocycles. The van der Waals surface area contributed by atoms with Crippen molar-refractivity contribution in [3.63, 3.8) is 0 Å². The molecule has 1 aromatic carbocycles. The van der Waals surface area contributed by atoms with E-state index in [0.717, 1.165) is 22.4 Å². The predicted molar refractivity (Wildman–Crippen MR) is 88.0 cm³/mol. The summed E-state index contributed by atoms with van der Waals surface area (Å²) in [6.45, 7) is 6.20. The van der Waals surface area contributed by atoms with Crippen molar-refractivity contribution in [3.8, 4) is 0 Å². The number of fused-ring (bicyclic) bond motifs is 1. The second-order valence-corrected chi connectivity index (χ2v) is 5.85. The molecule has 0 saturated carbocycles. The van der Waals surface area contributed by atoms with Crippen molar-refractivity contribution in [1.82, 2.24) is 4.98 Å². The molecule has 21 heavy (non-hydrogen) atoms. The standard InChI is InChI=1S/C17H22N4/c1-9-6-10(2)16-13(7-9)15(12-4-5-20-8-12)14(11(3)18)17(19)21-16/h4-8,11,17,20-21H,18-19H2,1-3H3. The van der Waals surface area contributed by atoms with Crippen LogP contribution >= 0.6 is 0 Å². The lowest BCUT2D eigenvalue weighted by Crippen LogP contribution is -2.42. The fourth-order valence-corrected chi connectivity index (χ4v) is 3.21. The number of nitrogens with two attached hydrogens (primary N) is 2. The molecular formula is C17H22N4. The monoisotopic (exact) mass is 282 g/mol. The molecule has 0 saturated heterocycles. The molecule has 2 atom stereocenters. The Kier molecular flexibility index (Phi) is 3.35. The van der Waals surface area contributed by atoms with Gasteiger partial charge in [0.15, 0.2) is 0 Å². The quantitative estimate of drug-likeness (QED) is 0.683. The average Bonchev–Trinajstić information content (AvgIpc) is 2.91. The highest BCUT2D eigenvalue weighted by Gasteiger charge is 2.28. The maximum atomic E-state index is 6.34. The SMILES string of the molecule is Cc1cc(C)c2c(c1)C(c1cc[nH]c1)=C(C(C)N)C(N)N2. The van der Waals surface area contributed by atoms with Gasteiger partial charge in [-0.05, 0) is 55.2 Å². The number of hydrogen-bond donors (Lipinski definition) is 4. The van der Waals surface area contributed by atoms with Gasteiger partial charge in [0.05, 0.1) is 6.17 Å². The Hall–Kier alpha value is -2.04. The van der Waals surface area contributed by atoms with Gasteiger partial charge in [-0.15, -0.1) is 0 Å². The first kappa shape index (κ1) is 13.9. The number of rotatable bonds is 2. The van der Waals surface area contributed by atoms with Crippen LogP contribution < -0.4 is 16.8 Å². The zero-order valence-electron chi connectivity index (χ0n) is 12.7. The van der Waals surface area contributed by atoms with Gasteiger partial charge in [0.2, 0.25) is 0 Å². The normalized spacial score (nSPS) is 19.2. The molecule has 0 bridgehead atoms. The number of aromatic nitrogens is 1. The number of anilines is 1. The minimum Gasteiger partial charge on any atom is -0.367 e. The molecule has 4 nitrogen and oxygen atoms in total. The van der Waals surface area contributed by atoms with Gasteiger partial charge in [0, 0.05) is 29.7 Å². The first-order valence-corrected chi connectivity index (χ1v) is 7.25. The van der Waals surface area contributed by atoms with Crippen LogP contribution in [0.5, 0.6) is 0 Å². The first-order valence-electron chi connectivity index (χ1n) is 7.25. The van der Waals surface area contributed by atoms with Crippen molar-refractivity contribution in [1.29, 1.82) is 0 Å². The van der Waals surface area contributed by atoms with Crippen LogP contribution in [0.1, 0.15) is 29.2 Å². The van der Waals surface area contributed by atoms with Gasteiger partial charge in [0.25, 0.3) is 0 Å². The van der Waals surface area contributed by atoms with Crippen LogP contribution in [-0.4, -0.2) is 17.2 Å². The van der Waals surface area contributed by atoms with Gasteiger partial charge in [0.1, 0.15) is 0 Å². The largest absolute Gasteiger partial charge is 0.367 e. The van der Waals surface area contributed by atoms with E-state index in [0.29, 0.717) is 0 Å². The summed E-state index contributed by atoms with van der Waals surface area (Å²) in [5.74, 6) is 0. The summed E-state index contributed by atoms with van der Waals surface area (Å²) in [5, 5.41) is 3.41. The summed E-state index contributed by atoms with van der Waals surface area (Å²) in [4.78, 5) is 3.13. The molecule has 0 fully saturated rings. The summed E-state index contributed by atoms with van der Waals surface area (Å²) < 4.78 is 0. The average molecular weight is 282 g/mol. The Morgan fingerprint density at radius 2 is 2.00 bits per heavy atom. The summed E-state index contributed by atoms with van der Waals surface area (Å²) in [5.41, 5.74) is 20.6. The Morgan fingerprint density at radius 3 is 2.62 bits per heavy atom. The lowest BCUT2D eigenvalue weighted by atomic mass is 9.84. The molecule has 1 aliphatic heterocycles. The molecule has 0 radical (unpaired) electrons. The fourth-order valence-electron chi connectivity index (χ4n) is 3.21. The van der Waals surface area contributed by atoms with E-state index in [1.165, 1.54) is 16.7 Å². The molecule has 110 valence electrons. The second-order valence-electron chi connectivity index (χ2n) is 5.85. The summed E-state index contributed by atoms with van der Waals surface area (Å²) in [6.07, 6.45) is 3.66. The van der Waals surface area contributed by atoms with Crippen molar-refractivity contribution in [2.24, 2.45) is 11.5 Å². The first-order chi connectivity index (χ1) is 9.99. The molecule has 1 aromatic heterocycles. The number of hydrogen-bond acceptors (Lipinski definition) is 3. The van der Waals surface area contributed by atoms with Crippen molar-refractivity contribution in [2.75, 3.05) is 5.32 Å². The Balaban J connectivity index is 2.34. The molecule has 6 N–H and O–H groups in total. The highest BCUT2D eigenvalue weighted by atomic mass is 15.1. The summed E-state index contributed by atoms with van der Waals surface area (Å²) in [6, 6.07) is 6.33. The highest BCUT2D eigenvalue weighted by molar-refractivity contribution is 5.92. The molecular weight excluding hydrogens is 260 g/mol. The van der Waals surface area contributed by atoms with E-state index < -0.39 is 0 Å². The van der Waals surface area contributed by atoms with Gasteiger partial charge in [-0.3, -0.25) is 0 Å². The van der Waals surface area contributed by atoms with Gasteiger partial charge in [-0.25, -0.2) is 0 Å². The third-order valence-electron chi connectivity index (χ3n) is 4.05. The van der Waals surface area contributed by atoms with E-state index in [-0.39, 0.29) is 12.2 Å². The third-order valence-corrected chi connectivity index (χ3v) is 4.05. The Labute approximate surface area is 125 Å². The van der Waals surface area contributed by atoms with Crippen LogP contribution in [0.2, 0.25) is 0 Å². The molecule has 0 spiro atoms. The zero-order valence-corrected chi connectivity index (χ0v) is 12.7. The lowest BCUT2D eigenvalue weighted by Gasteiger charge is -2.33. The van der Waals surface area contributed by atoms with Crippen LogP contribution in [0.15, 0.2) is 36.2 Å². The van der Waals surface area contributed by atoms with E-state index in [1.807, 2.05) is 19.3 Å². The fraction of sp³-hybridized carbons (Fsp3) is 0.294. The van der Waals surface area contributed by atoms with E-state index in [4.69, 9.17) is 11.5 Å². The molecule has 2 heterocycles. The van der Waals surface area contributed by atoms with Gasteiger partial charge in [-0.2, -0.15) is 0 Å². The topological polar surface area (TPSA) is 79.9 Å². The number of nitrogens with one attached hydrogen (secondary N) is 2. The van der Waals surface area contributed by atoms with Gasteiger partial charge in [-0.1, -0.05) is 11.6 Å². The van der Waals surface area contributed by atoms with Gasteiger partial charge >= 0.3 is 0 Å². The van der Waals surface area contributed by atoms with Crippen LogP contribution in [-0.2, 0) is 0 Å². The number of aromatic amines is 1. The van der Waals surface area contributed by atoms with E-state index in [1.54, 1.807) is 0 Å². The number of benzene rings is 1. The minimum absolute atomic E-state index is 0.105. The van der Waals surface area contributed by atoms with Crippen LogP contribution in [0.4, 0.5) is 5.69 Å². The molecule has 2 aromatic rings. The smallest absolute Gasteiger partial charge is 0.0990 e. The van der Waals surface area contributed by atoms with Crippen molar-refractivity contribution in [3.05, 3.63) is 58.4 Å². The Morgan fingerprint density at radius 1 is 1.24 bits per heavy atom. The van der Waals surface area contributed by atoms with E-state index in [9.17, 15) is 0 Å². The highest BCUT2D eigenvalue weighted by Crippen LogP contribution is 2.40. The maximum Gasteiger partial charge on any atom is 0.0990 e. The van der Waals surface area contributed by atoms with Crippen molar-refractivity contribution >= 4 is 11.3 Å². The Bertz CT molecular complexity index is 696. The predicted octanol–water partition coefficient (Wildman–Crippen LogP) is 2.49. The molecule has 1 aliphatic rings. The number of aryl methyl sites for hydroxylation is 2. The summed E-state index contributed by atoms with van der Waals surface area (Å²) >= 11 is 0. The number of H-pyrrole nitrogens is 1. The van der Waals surface area contributed by atoms with Crippen LogP contribution in [0.25, 0.3) is 5.57 Å². The van der Waals surface area contributed by atoms with Crippen molar-refractivity contribution in [2.45, 2.75) is 33.0 Å². The molecule has 0 amide bonds. The summed E-state index contributed by atoms with van der Waals surface area (Å²) in [7, 11) is 0. The van der Waals surface area contributed by atoms with Crippen LogP contribution in [0.3, 0.4) is 0 Å². The third kappa shape index (κ3) is 2.26. The lowest BCUT2D eigenvalue weighted by molar-refractivity contribution is 0.740. The van der Waals surface area contributed by atoms with Crippen molar-refractivity contribution < 1.29 is 0 Å². The molecule has 2 unspecified atom stereocenters.